The number of unbranched alkanes of at least 4 members (excludes halogenated alkanes) is 3. The largest absolute Gasteiger partial charge is 0.801 e. The molecule has 0 rings (SSSR count). The van der Waals surface area contributed by atoms with Gasteiger partial charge in [0.2, 0.25) is 35.4 Å². The molecule has 82 heavy (non-hydrogen) atoms. The molecule has 0 aliphatic rings. The van der Waals surface area contributed by atoms with Gasteiger partial charge in [0.25, 0.3) is 0 Å². The SMILES string of the molecule is COCCOCCOCCOCC(=O)NCCCCC(NC(=O)COCCOCCOCCOC)C(=O)NC(CCCCNC(=O)COCCOCCOCCOC)C(=O)NCCCC(=O)NCCCCC(CO)COP([O-])(=S)C(C)C. The maximum absolute atomic E-state index is 14.0. The summed E-state index contributed by atoms with van der Waals surface area (Å²) in [5.41, 5.74) is -0.298. The number of ether oxygens (including phenoxy) is 12. The molecule has 4 unspecified atom stereocenters. The number of nitrogens with one attached hydrogen (secondary N) is 6. The van der Waals surface area contributed by atoms with Crippen molar-refractivity contribution in [3.63, 3.8) is 0 Å². The minimum Gasteiger partial charge on any atom is -0.801 e. The van der Waals surface area contributed by atoms with E-state index in [-0.39, 0.29) is 141 Å². The summed E-state index contributed by atoms with van der Waals surface area (Å²) in [5.74, 6) is -2.79. The third-order valence-electron chi connectivity index (χ3n) is 11.6. The summed E-state index contributed by atoms with van der Waals surface area (Å²) in [4.78, 5) is 90.9. The van der Waals surface area contributed by atoms with Crippen LogP contribution < -0.4 is 36.8 Å². The van der Waals surface area contributed by atoms with Gasteiger partial charge >= 0.3 is 0 Å². The van der Waals surface area contributed by atoms with Gasteiger partial charge in [-0.1, -0.05) is 32.1 Å². The molecule has 0 saturated heterocycles. The minimum absolute atomic E-state index is 0.0984. The Morgan fingerprint density at radius 3 is 1.20 bits per heavy atom. The standard InChI is InChI=1S/C53H103N6O21PS/c1-44(2)81(67,82)80-40-45(39-60)13-6-9-17-54-48(61)16-12-20-57-52(65)46(14-7-10-18-55-49(62)41-77-36-33-74-30-27-71-24-21-68-3)59-53(66)47(58-51(64)43-79-38-35-76-32-29-73-26-23-70-5)15-8-11-19-56-50(63)42-78-37-34-75-31-28-72-25-22-69-4/h44-47,60H,6-43H2,1-5H3,(H,54,61)(H,55,62)(H,56,63)(H,57,65)(H,58,64)(H,59,66)(H,67,82)/p-1. The molecule has 29 heteroatoms. The van der Waals surface area contributed by atoms with E-state index in [0.717, 1.165) is 0 Å². The van der Waals surface area contributed by atoms with Crippen LogP contribution in [0.15, 0.2) is 0 Å². The number of hydrogen-bond donors (Lipinski definition) is 7. The van der Waals surface area contributed by atoms with E-state index >= 15 is 0 Å². The van der Waals surface area contributed by atoms with Crippen LogP contribution in [0, 0.1) is 5.92 Å². The van der Waals surface area contributed by atoms with Crippen molar-refractivity contribution in [1.82, 2.24) is 31.9 Å². The lowest BCUT2D eigenvalue weighted by Crippen LogP contribution is -2.54. The molecule has 0 aliphatic carbocycles. The average molecular weight is 1220 g/mol. The van der Waals surface area contributed by atoms with E-state index in [4.69, 9.17) is 73.2 Å². The Kier molecular flexibility index (Phi) is 54.8. The van der Waals surface area contributed by atoms with Crippen LogP contribution in [0.1, 0.15) is 84.5 Å². The Labute approximate surface area is 491 Å². The van der Waals surface area contributed by atoms with Crippen molar-refractivity contribution in [1.29, 1.82) is 0 Å². The van der Waals surface area contributed by atoms with E-state index in [1.54, 1.807) is 35.2 Å². The van der Waals surface area contributed by atoms with Crippen molar-refractivity contribution in [3.05, 3.63) is 0 Å². The second-order valence-electron chi connectivity index (χ2n) is 18.9. The van der Waals surface area contributed by atoms with Gasteiger partial charge in [-0.05, 0) is 69.9 Å². The van der Waals surface area contributed by atoms with Crippen molar-refractivity contribution in [3.8, 4) is 0 Å². The second kappa shape index (κ2) is 57.0. The Balaban J connectivity index is 5.52. The lowest BCUT2D eigenvalue weighted by molar-refractivity contribution is -0.185. The van der Waals surface area contributed by atoms with Crippen molar-refractivity contribution >= 4 is 53.7 Å². The zero-order chi connectivity index (χ0) is 60.6. The number of aliphatic hydroxyl groups excluding tert-OH is 1. The zero-order valence-corrected chi connectivity index (χ0v) is 51.4. The van der Waals surface area contributed by atoms with Gasteiger partial charge in [0.05, 0.1) is 126 Å². The molecule has 0 aliphatic heterocycles. The van der Waals surface area contributed by atoms with E-state index in [0.29, 0.717) is 137 Å². The van der Waals surface area contributed by atoms with Gasteiger partial charge in [0.1, 0.15) is 31.9 Å². The fourth-order valence-corrected chi connectivity index (χ4v) is 7.73. The normalized spacial score (nSPS) is 13.3. The predicted octanol–water partition coefficient (Wildman–Crippen LogP) is -0.496. The number of hydrogen-bond acceptors (Lipinski definition) is 22. The van der Waals surface area contributed by atoms with Crippen LogP contribution in [-0.4, -0.2) is 258 Å². The summed E-state index contributed by atoms with van der Waals surface area (Å²) in [6.45, 7) is 7.03. The zero-order valence-electron chi connectivity index (χ0n) is 49.6. The molecule has 0 fully saturated rings. The van der Waals surface area contributed by atoms with Gasteiger partial charge in [-0.2, -0.15) is 0 Å². The first-order chi connectivity index (χ1) is 39.7. The summed E-state index contributed by atoms with van der Waals surface area (Å²) in [5, 5.41) is 26.5. The number of carbonyl (C=O) groups is 6. The van der Waals surface area contributed by atoms with E-state index in [9.17, 15) is 38.8 Å². The molecule has 4 atom stereocenters. The van der Waals surface area contributed by atoms with Gasteiger partial charge in [-0.3, -0.25) is 28.8 Å². The number of rotatable bonds is 61. The molecule has 27 nitrogen and oxygen atoms in total. The lowest BCUT2D eigenvalue weighted by atomic mass is 10.0. The fourth-order valence-electron chi connectivity index (χ4n) is 6.84. The minimum atomic E-state index is -3.17. The molecule has 6 amide bonds. The van der Waals surface area contributed by atoms with E-state index in [1.165, 1.54) is 0 Å². The number of amides is 6. The van der Waals surface area contributed by atoms with Crippen LogP contribution in [0.2, 0.25) is 0 Å². The van der Waals surface area contributed by atoms with Crippen LogP contribution >= 0.6 is 6.49 Å². The molecule has 0 aromatic heterocycles. The Bertz CT molecular complexity index is 1650. The van der Waals surface area contributed by atoms with Crippen molar-refractivity contribution in [2.45, 2.75) is 102 Å². The van der Waals surface area contributed by atoms with Crippen molar-refractivity contribution in [2.75, 3.05) is 199 Å². The highest BCUT2D eigenvalue weighted by molar-refractivity contribution is 8.09. The summed E-state index contributed by atoms with van der Waals surface area (Å²) >= 11 is 5.07. The topological polar surface area (TPSA) is 338 Å². The van der Waals surface area contributed by atoms with E-state index in [2.05, 4.69) is 31.9 Å². The molecule has 0 saturated carbocycles. The monoisotopic (exact) mass is 1220 g/mol. The van der Waals surface area contributed by atoms with Gasteiger partial charge in [-0.25, -0.2) is 0 Å². The van der Waals surface area contributed by atoms with Crippen molar-refractivity contribution < 1.29 is 100 Å². The Morgan fingerprint density at radius 2 is 0.793 bits per heavy atom. The molecule has 0 spiro atoms. The second-order valence-corrected chi connectivity index (χ2v) is 22.8. The summed E-state index contributed by atoms with van der Waals surface area (Å²) in [7, 11) is 4.76. The maximum Gasteiger partial charge on any atom is 0.246 e. The highest BCUT2D eigenvalue weighted by atomic mass is 32.5. The number of methoxy groups -OCH3 is 3. The van der Waals surface area contributed by atoms with E-state index in [1.807, 2.05) is 0 Å². The summed E-state index contributed by atoms with van der Waals surface area (Å²) < 4.78 is 68.9. The Hall–Kier alpha value is -3.13. The molecule has 7 N–H and O–H groups in total. The third-order valence-corrected chi connectivity index (χ3v) is 15.0. The van der Waals surface area contributed by atoms with Gasteiger partial charge in [0.15, 0.2) is 0 Å². The quantitative estimate of drug-likeness (QED) is 0.0298. The first-order valence-corrected chi connectivity index (χ1v) is 31.3. The van der Waals surface area contributed by atoms with Crippen LogP contribution in [0.4, 0.5) is 0 Å². The van der Waals surface area contributed by atoms with Gasteiger partial charge < -0.3 is 103 Å². The molecule has 0 radical (unpaired) electrons. The third kappa shape index (κ3) is 50.2. The van der Waals surface area contributed by atoms with Crippen LogP contribution in [-0.2, 0) is 102 Å². The number of carbonyl (C=O) groups excluding carboxylic acids is 6. The first kappa shape index (κ1) is 78.9. The molecule has 482 valence electrons. The number of aliphatic hydroxyl groups is 1. The van der Waals surface area contributed by atoms with Crippen LogP contribution in [0.3, 0.4) is 0 Å². The fraction of sp³-hybridized carbons (Fsp3) is 0.887. The summed E-state index contributed by atoms with van der Waals surface area (Å²) in [6, 6.07) is -2.13. The maximum atomic E-state index is 14.0. The molecule has 0 aromatic rings. The average Bonchev–Trinajstić information content (AvgIpc) is 3.46. The predicted molar refractivity (Wildman–Crippen MR) is 306 cm³/mol. The van der Waals surface area contributed by atoms with Crippen molar-refractivity contribution in [2.24, 2.45) is 5.92 Å². The van der Waals surface area contributed by atoms with Gasteiger partial charge in [0, 0.05) is 66.5 Å². The summed E-state index contributed by atoms with van der Waals surface area (Å²) in [6.07, 6.45) is 4.40. The Morgan fingerprint density at radius 1 is 0.439 bits per heavy atom. The molecular weight excluding hydrogens is 1120 g/mol. The smallest absolute Gasteiger partial charge is 0.246 e. The molecule has 0 aromatic carbocycles. The van der Waals surface area contributed by atoms with Gasteiger partial charge in [-0.15, -0.1) is 0 Å². The molecule has 0 heterocycles. The lowest BCUT2D eigenvalue weighted by Gasteiger charge is -2.33. The van der Waals surface area contributed by atoms with E-state index < -0.39 is 36.3 Å². The molecule has 0 bridgehead atoms. The van der Waals surface area contributed by atoms with Crippen LogP contribution in [0.5, 0.6) is 0 Å². The highest BCUT2D eigenvalue weighted by Crippen LogP contribution is 2.43. The molecular formula is C53H102N6O21PS-. The first-order valence-electron chi connectivity index (χ1n) is 28.6. The van der Waals surface area contributed by atoms with Crippen LogP contribution in [0.25, 0.3) is 0 Å². The highest BCUT2D eigenvalue weighted by Gasteiger charge is 2.27.